The smallest absolute Gasteiger partial charge is 0.408 e. The number of amides is 3. The Kier molecular flexibility index (Phi) is 6.33. The number of hydrogen-bond acceptors (Lipinski definition) is 5. The molecule has 1 atom stereocenters. The van der Waals surface area contributed by atoms with Gasteiger partial charge in [0.2, 0.25) is 11.8 Å². The zero-order valence-electron chi connectivity index (χ0n) is 15.6. The lowest BCUT2D eigenvalue weighted by atomic mass is 10.1. The summed E-state index contributed by atoms with van der Waals surface area (Å²) in [7, 11) is 0. The molecule has 2 aromatic rings. The first-order valence-corrected chi connectivity index (χ1v) is 8.57. The number of aromatic nitrogens is 1. The molecule has 8 nitrogen and oxygen atoms in total. The molecule has 4 N–H and O–H groups in total. The van der Waals surface area contributed by atoms with Crippen LogP contribution in [0.5, 0.6) is 0 Å². The predicted octanol–water partition coefficient (Wildman–Crippen LogP) is 2.33. The summed E-state index contributed by atoms with van der Waals surface area (Å²) in [6.07, 6.45) is 0.964. The third-order valence-electron chi connectivity index (χ3n) is 3.56. The molecule has 8 heteroatoms. The minimum absolute atomic E-state index is 0.0461. The van der Waals surface area contributed by atoms with Crippen LogP contribution >= 0.6 is 0 Å². The Hall–Kier alpha value is -3.16. The second-order valence-electron chi connectivity index (χ2n) is 7.10. The molecule has 1 heterocycles. The summed E-state index contributed by atoms with van der Waals surface area (Å²) in [5.74, 6) is -1.03. The molecule has 3 amide bonds. The van der Waals surface area contributed by atoms with E-state index in [0.29, 0.717) is 5.69 Å². The standard InChI is InChI=1S/C19H24N4O4/c1-19(2,3)27-18(26)23-15(8-9-16(20)24)17(25)22-13-6-7-14-12(11-13)5-4-10-21-14/h4-7,10-11,15H,8-9H2,1-3H3,(H2,20,24)(H,22,25)(H,23,26). The summed E-state index contributed by atoms with van der Waals surface area (Å²) in [4.78, 5) is 39.9. The SMILES string of the molecule is CC(C)(C)OC(=O)NC(CCC(N)=O)C(=O)Nc1ccc2ncccc2c1. The van der Waals surface area contributed by atoms with E-state index in [1.54, 1.807) is 51.2 Å². The number of nitrogens with one attached hydrogen (secondary N) is 2. The van der Waals surface area contributed by atoms with Gasteiger partial charge in [-0.15, -0.1) is 0 Å². The second-order valence-corrected chi connectivity index (χ2v) is 7.10. The van der Waals surface area contributed by atoms with Crippen LogP contribution in [0.15, 0.2) is 36.5 Å². The summed E-state index contributed by atoms with van der Waals surface area (Å²) in [5.41, 5.74) is 5.81. The zero-order valence-corrected chi connectivity index (χ0v) is 15.6. The zero-order chi connectivity index (χ0) is 20.0. The summed E-state index contributed by atoms with van der Waals surface area (Å²) in [6.45, 7) is 5.15. The van der Waals surface area contributed by atoms with Gasteiger partial charge in [0.15, 0.2) is 0 Å². The number of nitrogens with two attached hydrogens (primary N) is 1. The first kappa shape index (κ1) is 20.2. The van der Waals surface area contributed by atoms with E-state index in [1.165, 1.54) is 0 Å². The number of pyridine rings is 1. The molecule has 0 spiro atoms. The highest BCUT2D eigenvalue weighted by Crippen LogP contribution is 2.17. The van der Waals surface area contributed by atoms with E-state index in [1.807, 2.05) is 6.07 Å². The van der Waals surface area contributed by atoms with E-state index in [9.17, 15) is 14.4 Å². The molecule has 2 rings (SSSR count). The van der Waals surface area contributed by atoms with Gasteiger partial charge in [0.1, 0.15) is 11.6 Å². The lowest BCUT2D eigenvalue weighted by Gasteiger charge is -2.23. The third-order valence-corrected chi connectivity index (χ3v) is 3.56. The Balaban J connectivity index is 2.10. The third kappa shape index (κ3) is 6.58. The van der Waals surface area contributed by atoms with Crippen molar-refractivity contribution >= 4 is 34.5 Å². The number of ether oxygens (including phenoxy) is 1. The molecule has 0 saturated carbocycles. The van der Waals surface area contributed by atoms with Gasteiger partial charge in [0.05, 0.1) is 5.52 Å². The molecule has 0 fully saturated rings. The molecule has 0 bridgehead atoms. The average molecular weight is 372 g/mol. The fourth-order valence-electron chi connectivity index (χ4n) is 2.39. The van der Waals surface area contributed by atoms with Crippen molar-refractivity contribution in [1.82, 2.24) is 10.3 Å². The summed E-state index contributed by atoms with van der Waals surface area (Å²) >= 11 is 0. The number of primary amides is 1. The van der Waals surface area contributed by atoms with Crippen molar-refractivity contribution in [1.29, 1.82) is 0 Å². The lowest BCUT2D eigenvalue weighted by Crippen LogP contribution is -2.46. The van der Waals surface area contributed by atoms with Crippen LogP contribution in [0.25, 0.3) is 10.9 Å². The number of rotatable bonds is 6. The fraction of sp³-hybridized carbons (Fsp3) is 0.368. The van der Waals surface area contributed by atoms with Crippen LogP contribution in [0.1, 0.15) is 33.6 Å². The quantitative estimate of drug-likeness (QED) is 0.718. The number of anilines is 1. The van der Waals surface area contributed by atoms with E-state index in [2.05, 4.69) is 15.6 Å². The minimum atomic E-state index is -0.961. The normalized spacial score (nSPS) is 12.3. The molecular weight excluding hydrogens is 348 g/mol. The van der Waals surface area contributed by atoms with Crippen LogP contribution in [-0.2, 0) is 14.3 Å². The van der Waals surface area contributed by atoms with Crippen molar-refractivity contribution in [2.24, 2.45) is 5.73 Å². The average Bonchev–Trinajstić information content (AvgIpc) is 2.56. The molecule has 0 aliphatic carbocycles. The Morgan fingerprint density at radius 2 is 1.96 bits per heavy atom. The van der Waals surface area contributed by atoms with E-state index in [-0.39, 0.29) is 12.8 Å². The summed E-state index contributed by atoms with van der Waals surface area (Å²) < 4.78 is 5.18. The molecule has 0 aliphatic rings. The highest BCUT2D eigenvalue weighted by Gasteiger charge is 2.25. The van der Waals surface area contributed by atoms with E-state index < -0.39 is 29.6 Å². The van der Waals surface area contributed by atoms with Crippen LogP contribution in [0.2, 0.25) is 0 Å². The Bertz CT molecular complexity index is 845. The highest BCUT2D eigenvalue weighted by molar-refractivity contribution is 5.98. The molecule has 1 aromatic carbocycles. The van der Waals surface area contributed by atoms with Gasteiger partial charge in [-0.1, -0.05) is 6.07 Å². The maximum Gasteiger partial charge on any atom is 0.408 e. The van der Waals surface area contributed by atoms with Crippen LogP contribution in [0.4, 0.5) is 10.5 Å². The van der Waals surface area contributed by atoms with Crippen molar-refractivity contribution in [3.8, 4) is 0 Å². The van der Waals surface area contributed by atoms with Gasteiger partial charge in [0, 0.05) is 23.7 Å². The molecule has 0 radical (unpaired) electrons. The number of benzene rings is 1. The Morgan fingerprint density at radius 1 is 1.22 bits per heavy atom. The Morgan fingerprint density at radius 3 is 2.63 bits per heavy atom. The topological polar surface area (TPSA) is 123 Å². The first-order valence-electron chi connectivity index (χ1n) is 8.57. The minimum Gasteiger partial charge on any atom is -0.444 e. The summed E-state index contributed by atoms with van der Waals surface area (Å²) in [6, 6.07) is 7.99. The maximum atomic E-state index is 12.6. The van der Waals surface area contributed by atoms with Crippen LogP contribution in [0, 0.1) is 0 Å². The van der Waals surface area contributed by atoms with Crippen LogP contribution < -0.4 is 16.4 Å². The van der Waals surface area contributed by atoms with Gasteiger partial charge in [0.25, 0.3) is 0 Å². The van der Waals surface area contributed by atoms with E-state index >= 15 is 0 Å². The molecular formula is C19H24N4O4. The Labute approximate surface area is 157 Å². The largest absolute Gasteiger partial charge is 0.444 e. The van der Waals surface area contributed by atoms with Crippen molar-refractivity contribution in [3.05, 3.63) is 36.5 Å². The van der Waals surface area contributed by atoms with Crippen molar-refractivity contribution < 1.29 is 19.1 Å². The highest BCUT2D eigenvalue weighted by atomic mass is 16.6. The predicted molar refractivity (Wildman–Crippen MR) is 102 cm³/mol. The van der Waals surface area contributed by atoms with Crippen molar-refractivity contribution in [2.75, 3.05) is 5.32 Å². The number of nitrogens with zero attached hydrogens (tertiary/aromatic N) is 1. The number of fused-ring (bicyclic) bond motifs is 1. The van der Waals surface area contributed by atoms with Gasteiger partial charge < -0.3 is 21.1 Å². The number of hydrogen-bond donors (Lipinski definition) is 3. The molecule has 0 aliphatic heterocycles. The lowest BCUT2D eigenvalue weighted by molar-refractivity contribution is -0.119. The van der Waals surface area contributed by atoms with E-state index in [0.717, 1.165) is 10.9 Å². The van der Waals surface area contributed by atoms with Crippen molar-refractivity contribution in [2.45, 2.75) is 45.3 Å². The monoisotopic (exact) mass is 372 g/mol. The van der Waals surface area contributed by atoms with Gasteiger partial charge in [-0.05, 0) is 51.5 Å². The van der Waals surface area contributed by atoms with Crippen LogP contribution in [-0.4, -0.2) is 34.5 Å². The molecule has 144 valence electrons. The number of alkyl carbamates (subject to hydrolysis) is 1. The van der Waals surface area contributed by atoms with Gasteiger partial charge >= 0.3 is 6.09 Å². The molecule has 1 unspecified atom stereocenters. The first-order chi connectivity index (χ1) is 12.6. The van der Waals surface area contributed by atoms with E-state index in [4.69, 9.17) is 10.5 Å². The second kappa shape index (κ2) is 8.48. The molecule has 0 saturated heterocycles. The summed E-state index contributed by atoms with van der Waals surface area (Å²) in [5, 5.41) is 6.09. The van der Waals surface area contributed by atoms with Crippen LogP contribution in [0.3, 0.4) is 0 Å². The maximum absolute atomic E-state index is 12.6. The fourth-order valence-corrected chi connectivity index (χ4v) is 2.39. The molecule has 27 heavy (non-hydrogen) atoms. The van der Waals surface area contributed by atoms with Crippen molar-refractivity contribution in [3.63, 3.8) is 0 Å². The molecule has 1 aromatic heterocycles. The number of carbonyl (C=O) groups excluding carboxylic acids is 3. The number of carbonyl (C=O) groups is 3. The van der Waals surface area contributed by atoms with Gasteiger partial charge in [-0.2, -0.15) is 0 Å². The van der Waals surface area contributed by atoms with Gasteiger partial charge in [-0.3, -0.25) is 14.6 Å². The van der Waals surface area contributed by atoms with Gasteiger partial charge in [-0.25, -0.2) is 4.79 Å².